The monoisotopic (exact) mass is 338 g/mol. The van der Waals surface area contributed by atoms with Gasteiger partial charge in [-0.3, -0.25) is 19.3 Å². The Morgan fingerprint density at radius 3 is 2.71 bits per heavy atom. The van der Waals surface area contributed by atoms with Crippen LogP contribution in [0.3, 0.4) is 0 Å². The summed E-state index contributed by atoms with van der Waals surface area (Å²) in [6.07, 6.45) is 4.34. The zero-order valence-electron chi connectivity index (χ0n) is 14.4. The first-order valence-electron chi connectivity index (χ1n) is 8.67. The number of nitrogens with zero attached hydrogens (tertiary/aromatic N) is 3. The van der Waals surface area contributed by atoms with Gasteiger partial charge < -0.3 is 10.2 Å². The third-order valence-corrected chi connectivity index (χ3v) is 5.40. The van der Waals surface area contributed by atoms with Crippen molar-refractivity contribution in [2.45, 2.75) is 50.2 Å². The molecule has 0 aromatic heterocycles. The average Bonchev–Trinajstić information content (AvgIpc) is 2.83. The van der Waals surface area contributed by atoms with Crippen LogP contribution in [0.4, 0.5) is 4.79 Å². The highest BCUT2D eigenvalue weighted by molar-refractivity contribution is 5.93. The van der Waals surface area contributed by atoms with E-state index in [1.54, 1.807) is 4.90 Å². The Morgan fingerprint density at radius 1 is 1.21 bits per heavy atom. The predicted octanol–water partition coefficient (Wildman–Crippen LogP) is -0.0140. The number of likely N-dealkylation sites (N-methyl/N-ethyl adjacent to an activating group) is 1. The third kappa shape index (κ3) is 3.12. The van der Waals surface area contributed by atoms with Crippen molar-refractivity contribution in [3.8, 4) is 0 Å². The van der Waals surface area contributed by atoms with Gasteiger partial charge in [0.1, 0.15) is 6.04 Å². The number of fused-ring (bicyclic) bond motifs is 2. The Kier molecular flexibility index (Phi) is 5.05. The lowest BCUT2D eigenvalue weighted by Gasteiger charge is -2.32. The standard InChI is InChI=1S/C16H26N4O4/c1-18-8-4-3-5-12(18)14(21)9-17-15(22)13-7-6-11-10-19(13)16(23)20(11)24-2/h11-13H,3-10H2,1-2H3,(H,17,22)/t11-,12-,13+/m1/s1. The van der Waals surface area contributed by atoms with Gasteiger partial charge in [0.15, 0.2) is 5.78 Å². The minimum atomic E-state index is -0.509. The molecule has 3 aliphatic rings. The van der Waals surface area contributed by atoms with E-state index < -0.39 is 6.04 Å². The van der Waals surface area contributed by atoms with Gasteiger partial charge in [0.05, 0.1) is 25.7 Å². The molecule has 0 saturated carbocycles. The maximum absolute atomic E-state index is 12.5. The van der Waals surface area contributed by atoms with Crippen LogP contribution >= 0.6 is 0 Å². The zero-order chi connectivity index (χ0) is 17.3. The van der Waals surface area contributed by atoms with Crippen LogP contribution in [0.1, 0.15) is 32.1 Å². The number of hydroxylamine groups is 2. The second-order valence-corrected chi connectivity index (χ2v) is 6.87. The number of hydrogen-bond donors (Lipinski definition) is 1. The number of ketones is 1. The van der Waals surface area contributed by atoms with Crippen LogP contribution in [-0.4, -0.2) is 84.5 Å². The summed E-state index contributed by atoms with van der Waals surface area (Å²) in [5.74, 6) is -0.197. The fourth-order valence-corrected chi connectivity index (χ4v) is 4.03. The van der Waals surface area contributed by atoms with Gasteiger partial charge in [-0.25, -0.2) is 4.79 Å². The van der Waals surface area contributed by atoms with Crippen molar-refractivity contribution >= 4 is 17.7 Å². The number of piperidine rings is 2. The summed E-state index contributed by atoms with van der Waals surface area (Å²) in [5.41, 5.74) is 0. The third-order valence-electron chi connectivity index (χ3n) is 5.40. The predicted molar refractivity (Wildman–Crippen MR) is 86.0 cm³/mol. The number of carbonyl (C=O) groups excluding carboxylic acids is 3. The zero-order valence-corrected chi connectivity index (χ0v) is 14.4. The van der Waals surface area contributed by atoms with Crippen molar-refractivity contribution < 1.29 is 19.2 Å². The van der Waals surface area contributed by atoms with E-state index in [4.69, 9.17) is 4.84 Å². The second kappa shape index (κ2) is 7.06. The molecular formula is C16H26N4O4. The maximum Gasteiger partial charge on any atom is 0.345 e. The molecule has 0 aliphatic carbocycles. The number of rotatable bonds is 5. The van der Waals surface area contributed by atoms with Crippen molar-refractivity contribution in [3.05, 3.63) is 0 Å². The summed E-state index contributed by atoms with van der Waals surface area (Å²) >= 11 is 0. The molecule has 8 nitrogen and oxygen atoms in total. The fourth-order valence-electron chi connectivity index (χ4n) is 4.03. The summed E-state index contributed by atoms with van der Waals surface area (Å²) in [4.78, 5) is 45.8. The molecule has 0 radical (unpaired) electrons. The van der Waals surface area contributed by atoms with Crippen molar-refractivity contribution in [2.24, 2.45) is 0 Å². The van der Waals surface area contributed by atoms with Crippen LogP contribution < -0.4 is 5.32 Å². The van der Waals surface area contributed by atoms with E-state index >= 15 is 0 Å². The Bertz CT molecular complexity index is 526. The molecule has 3 heterocycles. The molecule has 3 rings (SSSR count). The number of amides is 3. The van der Waals surface area contributed by atoms with Gasteiger partial charge in [0, 0.05) is 6.54 Å². The van der Waals surface area contributed by atoms with Gasteiger partial charge in [-0.05, 0) is 39.3 Å². The highest BCUT2D eigenvalue weighted by atomic mass is 16.7. The summed E-state index contributed by atoms with van der Waals surface area (Å²) in [6.45, 7) is 1.46. The first kappa shape index (κ1) is 17.2. The molecule has 0 spiro atoms. The summed E-state index contributed by atoms with van der Waals surface area (Å²) in [6, 6.07) is -0.861. The van der Waals surface area contributed by atoms with Gasteiger partial charge in [0.25, 0.3) is 0 Å². The normalized spacial score (nSPS) is 30.6. The smallest absolute Gasteiger partial charge is 0.345 e. The average molecular weight is 338 g/mol. The Labute approximate surface area is 142 Å². The number of urea groups is 1. The fraction of sp³-hybridized carbons (Fsp3) is 0.812. The van der Waals surface area contributed by atoms with Crippen LogP contribution in [-0.2, 0) is 14.4 Å². The number of likely N-dealkylation sites (tertiary alicyclic amines) is 1. The van der Waals surface area contributed by atoms with E-state index in [1.165, 1.54) is 12.2 Å². The van der Waals surface area contributed by atoms with Crippen molar-refractivity contribution in [3.63, 3.8) is 0 Å². The van der Waals surface area contributed by atoms with E-state index in [9.17, 15) is 14.4 Å². The second-order valence-electron chi connectivity index (χ2n) is 6.87. The highest BCUT2D eigenvalue weighted by Crippen LogP contribution is 2.29. The molecule has 2 bridgehead atoms. The summed E-state index contributed by atoms with van der Waals surface area (Å²) in [7, 11) is 3.42. The number of carbonyl (C=O) groups is 3. The Hall–Kier alpha value is -1.67. The minimum absolute atomic E-state index is 0.0177. The van der Waals surface area contributed by atoms with Crippen LogP contribution in [0.15, 0.2) is 0 Å². The molecule has 3 fully saturated rings. The highest BCUT2D eigenvalue weighted by Gasteiger charge is 2.47. The molecule has 3 atom stereocenters. The largest absolute Gasteiger partial charge is 0.347 e. The van der Waals surface area contributed by atoms with Gasteiger partial charge in [-0.2, -0.15) is 5.06 Å². The number of nitrogens with one attached hydrogen (secondary N) is 1. The van der Waals surface area contributed by atoms with Crippen molar-refractivity contribution in [2.75, 3.05) is 33.8 Å². The van der Waals surface area contributed by atoms with Gasteiger partial charge >= 0.3 is 6.03 Å². The molecule has 3 aliphatic heterocycles. The van der Waals surface area contributed by atoms with Crippen LogP contribution in [0.25, 0.3) is 0 Å². The van der Waals surface area contributed by atoms with Gasteiger partial charge in [0.2, 0.25) is 5.91 Å². The lowest BCUT2D eigenvalue weighted by Crippen LogP contribution is -2.52. The quantitative estimate of drug-likeness (QED) is 0.762. The lowest BCUT2D eigenvalue weighted by molar-refractivity contribution is -0.130. The molecular weight excluding hydrogens is 312 g/mol. The minimum Gasteiger partial charge on any atom is -0.347 e. The molecule has 3 amide bonds. The van der Waals surface area contributed by atoms with Crippen molar-refractivity contribution in [1.82, 2.24) is 20.2 Å². The molecule has 134 valence electrons. The van der Waals surface area contributed by atoms with Crippen molar-refractivity contribution in [1.29, 1.82) is 0 Å². The number of hydrogen-bond acceptors (Lipinski definition) is 5. The van der Waals surface area contributed by atoms with E-state index in [0.717, 1.165) is 32.2 Å². The topological polar surface area (TPSA) is 82.2 Å². The SMILES string of the molecule is CON1C(=O)N2C[C@H]1CC[C@H]2C(=O)NCC(=O)[C@H]1CCCCN1C. The van der Waals surface area contributed by atoms with Gasteiger partial charge in [-0.1, -0.05) is 6.42 Å². The van der Waals surface area contributed by atoms with Crippen LogP contribution in [0.2, 0.25) is 0 Å². The number of Topliss-reactive ketones (excluding diaryl/α,β-unsaturated/α-hetero) is 1. The van der Waals surface area contributed by atoms with E-state index in [2.05, 4.69) is 10.2 Å². The lowest BCUT2D eigenvalue weighted by atomic mass is 9.98. The first-order chi connectivity index (χ1) is 11.5. The Morgan fingerprint density at radius 2 is 2.00 bits per heavy atom. The van der Waals surface area contributed by atoms with Gasteiger partial charge in [-0.15, -0.1) is 0 Å². The van der Waals surface area contributed by atoms with E-state index in [0.29, 0.717) is 13.0 Å². The molecule has 0 aromatic rings. The summed E-state index contributed by atoms with van der Waals surface area (Å²) in [5, 5.41) is 4.08. The van der Waals surface area contributed by atoms with E-state index in [-0.39, 0.29) is 36.3 Å². The van der Waals surface area contributed by atoms with Crippen LogP contribution in [0.5, 0.6) is 0 Å². The first-order valence-corrected chi connectivity index (χ1v) is 8.67. The summed E-state index contributed by atoms with van der Waals surface area (Å²) < 4.78 is 0. The molecule has 0 unspecified atom stereocenters. The molecule has 1 N–H and O–H groups in total. The van der Waals surface area contributed by atoms with E-state index in [1.807, 2.05) is 7.05 Å². The molecule has 3 saturated heterocycles. The maximum atomic E-state index is 12.5. The van der Waals surface area contributed by atoms with Crippen LogP contribution in [0, 0.1) is 0 Å². The molecule has 24 heavy (non-hydrogen) atoms. The molecule has 0 aromatic carbocycles. The Balaban J connectivity index is 1.54. The molecule has 8 heteroatoms.